The van der Waals surface area contributed by atoms with Crippen LogP contribution < -0.4 is 25.2 Å². The van der Waals surface area contributed by atoms with E-state index in [2.05, 4.69) is 10.9 Å². The second-order valence-corrected chi connectivity index (χ2v) is 9.10. The van der Waals surface area contributed by atoms with E-state index in [9.17, 15) is 9.59 Å². The Bertz CT molecular complexity index is 1220. The fourth-order valence-electron chi connectivity index (χ4n) is 3.67. The number of halogens is 3. The maximum absolute atomic E-state index is 12.7. The topological polar surface area (TPSA) is 79.9 Å². The highest BCUT2D eigenvalue weighted by Crippen LogP contribution is 2.33. The number of carbonyl (C=O) groups is 2. The van der Waals surface area contributed by atoms with Crippen LogP contribution in [0, 0.1) is 5.92 Å². The van der Waals surface area contributed by atoms with Gasteiger partial charge in [-0.15, -0.1) is 0 Å². The molecule has 7 nitrogen and oxygen atoms in total. The van der Waals surface area contributed by atoms with Gasteiger partial charge in [0.25, 0.3) is 0 Å². The van der Waals surface area contributed by atoms with Crippen LogP contribution in [0.2, 0.25) is 15.1 Å². The molecule has 0 aliphatic carbocycles. The number of rotatable bonds is 8. The van der Waals surface area contributed by atoms with Gasteiger partial charge in [0.05, 0.1) is 18.7 Å². The summed E-state index contributed by atoms with van der Waals surface area (Å²) in [5.41, 5.74) is 7.50. The van der Waals surface area contributed by atoms with Crippen LogP contribution in [0.25, 0.3) is 0 Å². The Morgan fingerprint density at radius 2 is 1.74 bits per heavy atom. The molecular weight excluding hydrogens is 513 g/mol. The number of carbonyl (C=O) groups excluding carboxylic acids is 2. The molecule has 0 radical (unpaired) electrons. The lowest BCUT2D eigenvalue weighted by molar-refractivity contribution is -0.125. The molecule has 2 amide bonds. The molecule has 0 spiro atoms. The molecule has 0 bridgehead atoms. The van der Waals surface area contributed by atoms with E-state index < -0.39 is 5.92 Å². The molecule has 182 valence electrons. The van der Waals surface area contributed by atoms with Crippen molar-refractivity contribution in [3.8, 4) is 11.5 Å². The van der Waals surface area contributed by atoms with Gasteiger partial charge in [-0.2, -0.15) is 0 Å². The van der Waals surface area contributed by atoms with Gasteiger partial charge < -0.3 is 14.4 Å². The van der Waals surface area contributed by atoms with E-state index in [1.807, 2.05) is 0 Å². The van der Waals surface area contributed by atoms with Crippen LogP contribution in [0.15, 0.2) is 60.7 Å². The molecule has 4 rings (SSSR count). The molecule has 0 saturated carbocycles. The van der Waals surface area contributed by atoms with Crippen molar-refractivity contribution in [2.45, 2.75) is 13.0 Å². The zero-order valence-corrected chi connectivity index (χ0v) is 21.0. The number of anilines is 2. The fraction of sp³-hybridized carbons (Fsp3) is 0.200. The van der Waals surface area contributed by atoms with Gasteiger partial charge in [-0.25, -0.2) is 0 Å². The monoisotopic (exact) mass is 533 g/mol. The highest BCUT2D eigenvalue weighted by molar-refractivity contribution is 6.36. The molecule has 1 aliphatic heterocycles. The number of hydrogen-bond donors (Lipinski definition) is 2. The summed E-state index contributed by atoms with van der Waals surface area (Å²) in [7, 11) is 1.52. The highest BCUT2D eigenvalue weighted by atomic mass is 35.5. The molecule has 0 aromatic heterocycles. The van der Waals surface area contributed by atoms with Crippen molar-refractivity contribution in [3.63, 3.8) is 0 Å². The molecule has 1 fully saturated rings. The van der Waals surface area contributed by atoms with Crippen LogP contribution in [0.1, 0.15) is 12.0 Å². The Morgan fingerprint density at radius 1 is 1.03 bits per heavy atom. The largest absolute Gasteiger partial charge is 0.493 e. The van der Waals surface area contributed by atoms with Crippen LogP contribution in [-0.2, 0) is 16.2 Å². The fourth-order valence-corrected chi connectivity index (χ4v) is 4.31. The second kappa shape index (κ2) is 11.1. The third kappa shape index (κ3) is 5.93. The Hall–Kier alpha value is -3.13. The summed E-state index contributed by atoms with van der Waals surface area (Å²) in [4.78, 5) is 26.7. The standard InChI is InChI=1S/C25H22Cl3N3O4/c1-34-23-12-17(7-10-22(23)35-14-19-20(27)3-2-4-21(19)28)29-30-25(33)15-11-24(32)31(13-15)18-8-5-16(26)6-9-18/h2-10,12,15,29H,11,13-14H2,1H3,(H,30,33)/t15-/m1/s1. The number of nitrogens with one attached hydrogen (secondary N) is 2. The zero-order valence-electron chi connectivity index (χ0n) is 18.7. The second-order valence-electron chi connectivity index (χ2n) is 7.85. The van der Waals surface area contributed by atoms with Gasteiger partial charge in [0.1, 0.15) is 6.61 Å². The zero-order chi connectivity index (χ0) is 24.9. The van der Waals surface area contributed by atoms with Gasteiger partial charge in [-0.1, -0.05) is 40.9 Å². The summed E-state index contributed by atoms with van der Waals surface area (Å²) in [6, 6.07) is 17.3. The highest BCUT2D eigenvalue weighted by Gasteiger charge is 2.35. The van der Waals surface area contributed by atoms with Crippen molar-refractivity contribution in [3.05, 3.63) is 81.3 Å². The van der Waals surface area contributed by atoms with Crippen molar-refractivity contribution in [1.29, 1.82) is 0 Å². The van der Waals surface area contributed by atoms with E-state index in [1.54, 1.807) is 65.6 Å². The van der Waals surface area contributed by atoms with E-state index >= 15 is 0 Å². The molecule has 1 heterocycles. The minimum absolute atomic E-state index is 0.116. The first-order valence-electron chi connectivity index (χ1n) is 10.7. The quantitative estimate of drug-likeness (QED) is 0.361. The number of ether oxygens (including phenoxy) is 2. The summed E-state index contributed by atoms with van der Waals surface area (Å²) >= 11 is 18.3. The van der Waals surface area contributed by atoms with Crippen LogP contribution in [0.3, 0.4) is 0 Å². The van der Waals surface area contributed by atoms with Gasteiger partial charge in [0.15, 0.2) is 11.5 Å². The third-order valence-corrected chi connectivity index (χ3v) is 6.52. The Labute approximate surface area is 217 Å². The lowest BCUT2D eigenvalue weighted by Gasteiger charge is -2.17. The summed E-state index contributed by atoms with van der Waals surface area (Å²) in [6.07, 6.45) is 0.122. The lowest BCUT2D eigenvalue weighted by atomic mass is 10.1. The molecule has 3 aromatic rings. The van der Waals surface area contributed by atoms with E-state index in [0.717, 1.165) is 0 Å². The normalized spacial score (nSPS) is 15.1. The van der Waals surface area contributed by atoms with Crippen LogP contribution in [0.4, 0.5) is 11.4 Å². The molecule has 35 heavy (non-hydrogen) atoms. The summed E-state index contributed by atoms with van der Waals surface area (Å²) in [6.45, 7) is 0.451. The number of nitrogens with zero attached hydrogens (tertiary/aromatic N) is 1. The first-order chi connectivity index (χ1) is 16.9. The van der Waals surface area contributed by atoms with Crippen molar-refractivity contribution in [2.75, 3.05) is 24.0 Å². The number of hydrogen-bond acceptors (Lipinski definition) is 5. The average molecular weight is 535 g/mol. The van der Waals surface area contributed by atoms with Crippen molar-refractivity contribution in [2.24, 2.45) is 5.92 Å². The molecule has 3 aromatic carbocycles. The summed E-state index contributed by atoms with van der Waals surface area (Å²) < 4.78 is 11.3. The molecule has 10 heteroatoms. The minimum atomic E-state index is -0.490. The van der Waals surface area contributed by atoms with E-state index in [4.69, 9.17) is 44.3 Å². The van der Waals surface area contributed by atoms with Crippen molar-refractivity contribution >= 4 is 58.0 Å². The van der Waals surface area contributed by atoms with Crippen LogP contribution in [0.5, 0.6) is 11.5 Å². The predicted octanol–water partition coefficient (Wildman–Crippen LogP) is 5.73. The molecule has 2 N–H and O–H groups in total. The van der Waals surface area contributed by atoms with Gasteiger partial charge in [0, 0.05) is 45.4 Å². The molecule has 0 unspecified atom stereocenters. The number of amides is 2. The van der Waals surface area contributed by atoms with Crippen molar-refractivity contribution < 1.29 is 19.1 Å². The SMILES string of the molecule is COc1cc(NNC(=O)[C@@H]2CC(=O)N(c3ccc(Cl)cc3)C2)ccc1OCc1c(Cl)cccc1Cl. The predicted molar refractivity (Wildman–Crippen MR) is 137 cm³/mol. The number of methoxy groups -OCH3 is 1. The first-order valence-corrected chi connectivity index (χ1v) is 11.8. The first kappa shape index (κ1) is 25.0. The molecular formula is C25H22Cl3N3O4. The average Bonchev–Trinajstić information content (AvgIpc) is 3.24. The Morgan fingerprint density at radius 3 is 2.43 bits per heavy atom. The van der Waals surface area contributed by atoms with Crippen molar-refractivity contribution in [1.82, 2.24) is 5.43 Å². The molecule has 1 atom stereocenters. The number of benzene rings is 3. The number of hydrazine groups is 1. The smallest absolute Gasteiger partial charge is 0.243 e. The van der Waals surface area contributed by atoms with Crippen LogP contribution >= 0.6 is 34.8 Å². The molecule has 1 aliphatic rings. The summed E-state index contributed by atoms with van der Waals surface area (Å²) in [5, 5.41) is 1.60. The van der Waals surface area contributed by atoms with Gasteiger partial charge >= 0.3 is 0 Å². The van der Waals surface area contributed by atoms with E-state index in [0.29, 0.717) is 43.5 Å². The van der Waals surface area contributed by atoms with E-state index in [1.165, 1.54) is 7.11 Å². The van der Waals surface area contributed by atoms with Gasteiger partial charge in [-0.05, 0) is 48.5 Å². The summed E-state index contributed by atoms with van der Waals surface area (Å²) in [5.74, 6) is 0.0463. The molecule has 1 saturated heterocycles. The van der Waals surface area contributed by atoms with E-state index in [-0.39, 0.29) is 31.4 Å². The van der Waals surface area contributed by atoms with Gasteiger partial charge in [-0.3, -0.25) is 20.4 Å². The van der Waals surface area contributed by atoms with Crippen LogP contribution in [-0.4, -0.2) is 25.5 Å². The lowest BCUT2D eigenvalue weighted by Crippen LogP contribution is -2.36. The third-order valence-electron chi connectivity index (χ3n) is 5.56. The Kier molecular flexibility index (Phi) is 7.90. The maximum Gasteiger partial charge on any atom is 0.243 e. The Balaban J connectivity index is 1.35. The maximum atomic E-state index is 12.7. The minimum Gasteiger partial charge on any atom is -0.493 e. The van der Waals surface area contributed by atoms with Gasteiger partial charge in [0.2, 0.25) is 11.8 Å².